The molecule has 2 aromatic heterocycles. The van der Waals surface area contributed by atoms with E-state index >= 15 is 0 Å². The van der Waals surface area contributed by atoms with Crippen LogP contribution in [0.1, 0.15) is 35.1 Å². The van der Waals surface area contributed by atoms with Gasteiger partial charge in [0, 0.05) is 51.3 Å². The fourth-order valence-electron chi connectivity index (χ4n) is 3.81. The first-order valence-corrected chi connectivity index (χ1v) is 10.4. The number of hydrogen-bond acceptors (Lipinski definition) is 5. The molecule has 7 heteroatoms. The minimum absolute atomic E-state index is 0.126. The number of carbonyl (C=O) groups excluding carboxylic acids is 1. The Bertz CT molecular complexity index is 1050. The molecule has 3 aromatic rings. The van der Waals surface area contributed by atoms with Crippen LogP contribution < -0.4 is 4.90 Å². The number of piperazine rings is 1. The highest BCUT2D eigenvalue weighted by molar-refractivity contribution is 5.73. The molecule has 1 fully saturated rings. The van der Waals surface area contributed by atoms with Gasteiger partial charge in [0.1, 0.15) is 5.82 Å². The highest BCUT2D eigenvalue weighted by Gasteiger charge is 2.21. The van der Waals surface area contributed by atoms with Crippen molar-refractivity contribution in [1.82, 2.24) is 24.6 Å². The number of nitrogens with zero attached hydrogens (tertiary/aromatic N) is 6. The van der Waals surface area contributed by atoms with E-state index in [1.54, 1.807) is 6.92 Å². The number of aryl methyl sites for hydroxylation is 3. The monoisotopic (exact) mass is 404 g/mol. The Morgan fingerprint density at radius 3 is 2.27 bits per heavy atom. The van der Waals surface area contributed by atoms with Crippen molar-refractivity contribution >= 4 is 11.7 Å². The van der Waals surface area contributed by atoms with Crippen molar-refractivity contribution in [2.24, 2.45) is 0 Å². The SMILES string of the molecule is CC(=O)N1CCN(c2cc(Cc3ccc(C)cc3)nc(-n3nc(C)cc3C)n2)CC1. The molecule has 3 heterocycles. The highest BCUT2D eigenvalue weighted by atomic mass is 16.2. The first-order chi connectivity index (χ1) is 14.4. The Labute approximate surface area is 177 Å². The van der Waals surface area contributed by atoms with E-state index in [1.807, 2.05) is 29.5 Å². The van der Waals surface area contributed by atoms with Crippen LogP contribution in [0.2, 0.25) is 0 Å². The molecule has 1 aliphatic heterocycles. The smallest absolute Gasteiger partial charge is 0.252 e. The zero-order valence-corrected chi connectivity index (χ0v) is 18.1. The molecule has 0 bridgehead atoms. The Balaban J connectivity index is 1.68. The van der Waals surface area contributed by atoms with Gasteiger partial charge in [0.15, 0.2) is 0 Å². The molecule has 1 saturated heterocycles. The first-order valence-electron chi connectivity index (χ1n) is 10.4. The van der Waals surface area contributed by atoms with Crippen LogP contribution >= 0.6 is 0 Å². The van der Waals surface area contributed by atoms with Crippen molar-refractivity contribution in [2.45, 2.75) is 34.1 Å². The van der Waals surface area contributed by atoms with Gasteiger partial charge in [-0.1, -0.05) is 29.8 Å². The fourth-order valence-corrected chi connectivity index (χ4v) is 3.81. The molecule has 30 heavy (non-hydrogen) atoms. The van der Waals surface area contributed by atoms with E-state index in [-0.39, 0.29) is 5.91 Å². The number of hydrogen-bond donors (Lipinski definition) is 0. The van der Waals surface area contributed by atoms with Crippen molar-refractivity contribution in [1.29, 1.82) is 0 Å². The first kappa shape index (κ1) is 20.1. The molecule has 0 spiro atoms. The summed E-state index contributed by atoms with van der Waals surface area (Å²) in [6.45, 7) is 10.6. The van der Waals surface area contributed by atoms with Gasteiger partial charge >= 0.3 is 0 Å². The van der Waals surface area contributed by atoms with Crippen molar-refractivity contribution in [3.8, 4) is 5.95 Å². The van der Waals surface area contributed by atoms with E-state index in [1.165, 1.54) is 11.1 Å². The zero-order chi connectivity index (χ0) is 21.3. The van der Waals surface area contributed by atoms with Crippen LogP contribution in [0.4, 0.5) is 5.82 Å². The molecular formula is C23H28N6O. The van der Waals surface area contributed by atoms with Crippen molar-refractivity contribution in [3.63, 3.8) is 0 Å². The minimum Gasteiger partial charge on any atom is -0.353 e. The summed E-state index contributed by atoms with van der Waals surface area (Å²) in [6, 6.07) is 12.6. The van der Waals surface area contributed by atoms with Crippen molar-refractivity contribution < 1.29 is 4.79 Å². The predicted molar refractivity (Wildman–Crippen MR) is 117 cm³/mol. The third-order valence-electron chi connectivity index (χ3n) is 5.51. The average molecular weight is 405 g/mol. The van der Waals surface area contributed by atoms with E-state index in [9.17, 15) is 4.79 Å². The van der Waals surface area contributed by atoms with Gasteiger partial charge in [0.05, 0.1) is 11.4 Å². The number of rotatable bonds is 4. The molecule has 0 unspecified atom stereocenters. The van der Waals surface area contributed by atoms with Gasteiger partial charge in [-0.15, -0.1) is 0 Å². The standard InChI is InChI=1S/C23H28N6O/c1-16-5-7-20(8-6-16)14-21-15-22(28-11-9-27(10-12-28)19(4)30)25-23(24-21)29-18(3)13-17(2)26-29/h5-8,13,15H,9-12,14H2,1-4H3. The maximum absolute atomic E-state index is 11.7. The van der Waals surface area contributed by atoms with Gasteiger partial charge in [-0.2, -0.15) is 10.1 Å². The third-order valence-corrected chi connectivity index (χ3v) is 5.51. The van der Waals surface area contributed by atoms with E-state index in [4.69, 9.17) is 9.97 Å². The van der Waals surface area contributed by atoms with Crippen LogP contribution in [-0.2, 0) is 11.2 Å². The van der Waals surface area contributed by atoms with Crippen LogP contribution in [0.3, 0.4) is 0 Å². The molecule has 0 aliphatic carbocycles. The molecule has 7 nitrogen and oxygen atoms in total. The average Bonchev–Trinajstić information content (AvgIpc) is 3.07. The molecule has 1 amide bonds. The Morgan fingerprint density at radius 1 is 0.967 bits per heavy atom. The van der Waals surface area contributed by atoms with Crippen molar-refractivity contribution in [3.05, 3.63) is 64.6 Å². The van der Waals surface area contributed by atoms with Crippen LogP contribution in [0.5, 0.6) is 0 Å². The molecule has 156 valence electrons. The number of anilines is 1. The largest absolute Gasteiger partial charge is 0.353 e. The summed E-state index contributed by atoms with van der Waals surface area (Å²) < 4.78 is 1.81. The van der Waals surface area contributed by atoms with Gasteiger partial charge in [-0.05, 0) is 32.4 Å². The minimum atomic E-state index is 0.126. The number of carbonyl (C=O) groups is 1. The van der Waals surface area contributed by atoms with Gasteiger partial charge < -0.3 is 9.80 Å². The highest BCUT2D eigenvalue weighted by Crippen LogP contribution is 2.20. The van der Waals surface area contributed by atoms with E-state index in [0.717, 1.165) is 42.4 Å². The number of amides is 1. The zero-order valence-electron chi connectivity index (χ0n) is 18.1. The number of benzene rings is 1. The van der Waals surface area contributed by atoms with Gasteiger partial charge in [0.25, 0.3) is 5.95 Å². The molecule has 4 rings (SSSR count). The van der Waals surface area contributed by atoms with Crippen molar-refractivity contribution in [2.75, 3.05) is 31.1 Å². The van der Waals surface area contributed by atoms with Crippen LogP contribution in [0.25, 0.3) is 5.95 Å². The van der Waals surface area contributed by atoms with Crippen LogP contribution in [0.15, 0.2) is 36.4 Å². The molecule has 1 aromatic carbocycles. The Hall–Kier alpha value is -3.22. The topological polar surface area (TPSA) is 67.2 Å². The fraction of sp³-hybridized carbons (Fsp3) is 0.391. The van der Waals surface area contributed by atoms with Crippen LogP contribution in [0, 0.1) is 20.8 Å². The molecular weight excluding hydrogens is 376 g/mol. The third kappa shape index (κ3) is 4.35. The lowest BCUT2D eigenvalue weighted by molar-refractivity contribution is -0.129. The Morgan fingerprint density at radius 2 is 1.67 bits per heavy atom. The maximum atomic E-state index is 11.7. The van der Waals surface area contributed by atoms with Gasteiger partial charge in [0.2, 0.25) is 5.91 Å². The maximum Gasteiger partial charge on any atom is 0.252 e. The van der Waals surface area contributed by atoms with E-state index < -0.39 is 0 Å². The molecule has 1 aliphatic rings. The predicted octanol–water partition coefficient (Wildman–Crippen LogP) is 2.85. The summed E-state index contributed by atoms with van der Waals surface area (Å²) in [5.41, 5.74) is 5.36. The second kappa shape index (κ2) is 8.26. The summed E-state index contributed by atoms with van der Waals surface area (Å²) >= 11 is 0. The summed E-state index contributed by atoms with van der Waals surface area (Å²) in [4.78, 5) is 25.5. The number of aromatic nitrogens is 4. The quantitative estimate of drug-likeness (QED) is 0.669. The lowest BCUT2D eigenvalue weighted by Crippen LogP contribution is -2.48. The normalized spacial score (nSPS) is 14.3. The molecule has 0 atom stereocenters. The van der Waals surface area contributed by atoms with Gasteiger partial charge in [-0.25, -0.2) is 9.67 Å². The Kier molecular flexibility index (Phi) is 5.53. The molecule has 0 N–H and O–H groups in total. The summed E-state index contributed by atoms with van der Waals surface area (Å²) in [6.07, 6.45) is 0.732. The van der Waals surface area contributed by atoms with E-state index in [0.29, 0.717) is 19.0 Å². The second-order valence-corrected chi connectivity index (χ2v) is 8.01. The molecule has 0 saturated carbocycles. The van der Waals surface area contributed by atoms with Crippen LogP contribution in [-0.4, -0.2) is 56.7 Å². The second-order valence-electron chi connectivity index (χ2n) is 8.01. The lowest BCUT2D eigenvalue weighted by Gasteiger charge is -2.35. The summed E-state index contributed by atoms with van der Waals surface area (Å²) in [5.74, 6) is 1.60. The summed E-state index contributed by atoms with van der Waals surface area (Å²) in [5, 5.41) is 4.58. The van der Waals surface area contributed by atoms with E-state index in [2.05, 4.69) is 47.3 Å². The summed E-state index contributed by atoms with van der Waals surface area (Å²) in [7, 11) is 0. The van der Waals surface area contributed by atoms with Gasteiger partial charge in [-0.3, -0.25) is 4.79 Å². The lowest BCUT2D eigenvalue weighted by atomic mass is 10.1. The molecule has 0 radical (unpaired) electrons.